The van der Waals surface area contributed by atoms with Gasteiger partial charge >= 0.3 is 0 Å². The quantitative estimate of drug-likeness (QED) is 0.660. The highest BCUT2D eigenvalue weighted by atomic mass is 32.2. The maximum atomic E-state index is 12.2. The molecule has 1 aromatic heterocycles. The fraction of sp³-hybridized carbons (Fsp3) is 0.286. The third-order valence-electron chi connectivity index (χ3n) is 5.05. The number of benzene rings is 2. The maximum absolute atomic E-state index is 12.2. The van der Waals surface area contributed by atoms with Crippen molar-refractivity contribution in [1.82, 2.24) is 10.2 Å². The molecule has 0 bridgehead atoms. The first-order valence-corrected chi connectivity index (χ1v) is 11.1. The van der Waals surface area contributed by atoms with Gasteiger partial charge in [-0.2, -0.15) is 5.26 Å². The molecule has 3 aromatic rings. The van der Waals surface area contributed by atoms with Crippen molar-refractivity contribution in [3.8, 4) is 17.2 Å². The Labute approximate surface area is 164 Å². The molecular formula is C21H20N4O2S. The predicted molar refractivity (Wildman–Crippen MR) is 109 cm³/mol. The summed E-state index contributed by atoms with van der Waals surface area (Å²) in [7, 11) is -3.36. The van der Waals surface area contributed by atoms with Crippen LogP contribution in [0.25, 0.3) is 22.0 Å². The Morgan fingerprint density at radius 2 is 1.93 bits per heavy atom. The van der Waals surface area contributed by atoms with Gasteiger partial charge in [0.05, 0.1) is 16.1 Å². The molecule has 28 heavy (non-hydrogen) atoms. The van der Waals surface area contributed by atoms with Gasteiger partial charge in [-0.15, -0.1) is 10.2 Å². The zero-order valence-corrected chi connectivity index (χ0v) is 16.6. The molecule has 0 N–H and O–H groups in total. The lowest BCUT2D eigenvalue weighted by Crippen LogP contribution is -2.26. The summed E-state index contributed by atoms with van der Waals surface area (Å²) in [6.45, 7) is 2.86. The van der Waals surface area contributed by atoms with Crippen LogP contribution in [0.4, 0.5) is 5.69 Å². The van der Waals surface area contributed by atoms with Crippen LogP contribution in [0, 0.1) is 11.3 Å². The number of nitrogens with zero attached hydrogens (tertiary/aromatic N) is 4. The Morgan fingerprint density at radius 3 is 2.57 bits per heavy atom. The zero-order valence-electron chi connectivity index (χ0n) is 15.8. The Balaban J connectivity index is 1.92. The smallest absolute Gasteiger partial charge is 0.187 e. The molecule has 1 saturated carbocycles. The van der Waals surface area contributed by atoms with Gasteiger partial charge in [0.15, 0.2) is 15.5 Å². The van der Waals surface area contributed by atoms with Crippen LogP contribution in [0.2, 0.25) is 0 Å². The Kier molecular flexibility index (Phi) is 4.52. The van der Waals surface area contributed by atoms with E-state index < -0.39 is 9.84 Å². The molecule has 2 aromatic carbocycles. The highest BCUT2D eigenvalue weighted by Crippen LogP contribution is 2.38. The summed E-state index contributed by atoms with van der Waals surface area (Å²) in [5, 5.41) is 18.8. The molecule has 1 aliphatic carbocycles. The van der Waals surface area contributed by atoms with Crippen molar-refractivity contribution in [2.75, 3.05) is 17.7 Å². The lowest BCUT2D eigenvalue weighted by atomic mass is 10.0. The first kappa shape index (κ1) is 18.4. The number of hydrogen-bond acceptors (Lipinski definition) is 6. The Morgan fingerprint density at radius 1 is 1.18 bits per heavy atom. The summed E-state index contributed by atoms with van der Waals surface area (Å²) in [5.74, 6) is 0. The van der Waals surface area contributed by atoms with Gasteiger partial charge in [0.1, 0.15) is 6.07 Å². The number of hydrogen-bond donors (Lipinski definition) is 0. The van der Waals surface area contributed by atoms with Crippen LogP contribution in [0.1, 0.15) is 25.5 Å². The van der Waals surface area contributed by atoms with Crippen LogP contribution in [0.5, 0.6) is 0 Å². The Hall–Kier alpha value is -2.98. The summed E-state index contributed by atoms with van der Waals surface area (Å²) in [6.07, 6.45) is 3.43. The normalized spacial score (nSPS) is 14.0. The third-order valence-corrected chi connectivity index (χ3v) is 6.21. The van der Waals surface area contributed by atoms with Crippen molar-refractivity contribution in [2.45, 2.75) is 30.7 Å². The molecule has 6 nitrogen and oxygen atoms in total. The van der Waals surface area contributed by atoms with Crippen LogP contribution in [-0.4, -0.2) is 37.5 Å². The van der Waals surface area contributed by atoms with E-state index in [2.05, 4.69) is 28.1 Å². The van der Waals surface area contributed by atoms with Gasteiger partial charge in [0, 0.05) is 29.8 Å². The molecule has 7 heteroatoms. The van der Waals surface area contributed by atoms with Crippen molar-refractivity contribution in [3.63, 3.8) is 0 Å². The minimum Gasteiger partial charge on any atom is -0.366 e. The Bertz CT molecular complexity index is 1210. The van der Waals surface area contributed by atoms with Crippen molar-refractivity contribution < 1.29 is 8.42 Å². The molecule has 4 rings (SSSR count). The SMILES string of the molecule is CCN(c1c(C#N)nnc2cc(-c3ccccc3S(C)(=O)=O)ccc12)C1CC1. The topological polar surface area (TPSA) is 86.9 Å². The van der Waals surface area contributed by atoms with Gasteiger partial charge in [-0.1, -0.05) is 24.3 Å². The minimum atomic E-state index is -3.36. The van der Waals surface area contributed by atoms with E-state index in [1.54, 1.807) is 18.2 Å². The van der Waals surface area contributed by atoms with Crippen LogP contribution in [0.15, 0.2) is 47.4 Å². The largest absolute Gasteiger partial charge is 0.366 e. The summed E-state index contributed by atoms with van der Waals surface area (Å²) < 4.78 is 24.3. The van der Waals surface area contributed by atoms with Crippen molar-refractivity contribution in [1.29, 1.82) is 5.26 Å². The van der Waals surface area contributed by atoms with E-state index in [9.17, 15) is 13.7 Å². The first-order valence-electron chi connectivity index (χ1n) is 9.20. The van der Waals surface area contributed by atoms with Crippen LogP contribution < -0.4 is 4.90 Å². The van der Waals surface area contributed by atoms with E-state index in [-0.39, 0.29) is 4.90 Å². The molecule has 0 amide bonds. The molecule has 0 atom stereocenters. The van der Waals surface area contributed by atoms with E-state index in [0.29, 0.717) is 22.8 Å². The summed E-state index contributed by atoms with van der Waals surface area (Å²) in [5.41, 5.74) is 3.18. The van der Waals surface area contributed by atoms with Crippen molar-refractivity contribution in [2.24, 2.45) is 0 Å². The molecule has 0 saturated heterocycles. The molecule has 0 unspecified atom stereocenters. The summed E-state index contributed by atoms with van der Waals surface area (Å²) in [6, 6.07) is 15.2. The lowest BCUT2D eigenvalue weighted by Gasteiger charge is -2.24. The van der Waals surface area contributed by atoms with Crippen molar-refractivity contribution in [3.05, 3.63) is 48.2 Å². The number of fused-ring (bicyclic) bond motifs is 1. The monoisotopic (exact) mass is 392 g/mol. The van der Waals surface area contributed by atoms with Gasteiger partial charge in [0.25, 0.3) is 0 Å². The predicted octanol–water partition coefficient (Wildman–Crippen LogP) is 3.56. The summed E-state index contributed by atoms with van der Waals surface area (Å²) in [4.78, 5) is 2.50. The molecule has 142 valence electrons. The molecule has 0 spiro atoms. The van der Waals surface area contributed by atoms with E-state index in [4.69, 9.17) is 0 Å². The fourth-order valence-corrected chi connectivity index (χ4v) is 4.55. The van der Waals surface area contributed by atoms with E-state index in [1.807, 2.05) is 24.3 Å². The highest BCUT2D eigenvalue weighted by molar-refractivity contribution is 7.90. The van der Waals surface area contributed by atoms with Crippen LogP contribution in [0.3, 0.4) is 0 Å². The van der Waals surface area contributed by atoms with E-state index >= 15 is 0 Å². The average Bonchev–Trinajstić information content (AvgIpc) is 3.52. The lowest BCUT2D eigenvalue weighted by molar-refractivity contribution is 0.602. The second-order valence-corrected chi connectivity index (χ2v) is 9.01. The van der Waals surface area contributed by atoms with Gasteiger partial charge in [-0.3, -0.25) is 0 Å². The second-order valence-electron chi connectivity index (χ2n) is 7.03. The van der Waals surface area contributed by atoms with Gasteiger partial charge < -0.3 is 4.90 Å². The fourth-order valence-electron chi connectivity index (χ4n) is 3.64. The van der Waals surface area contributed by atoms with Crippen LogP contribution in [-0.2, 0) is 9.84 Å². The first-order chi connectivity index (χ1) is 13.4. The van der Waals surface area contributed by atoms with Crippen LogP contribution >= 0.6 is 0 Å². The average molecular weight is 392 g/mol. The molecule has 1 fully saturated rings. The standard InChI is InChI=1S/C21H20N4O2S/c1-3-25(15-9-10-15)21-17-11-8-14(12-18(17)23-24-19(21)13-22)16-6-4-5-7-20(16)28(2,26)27/h4-8,11-12,15H,3,9-10H2,1-2H3. The number of rotatable bonds is 5. The third kappa shape index (κ3) is 3.20. The molecule has 1 heterocycles. The van der Waals surface area contributed by atoms with E-state index in [0.717, 1.165) is 36.0 Å². The maximum Gasteiger partial charge on any atom is 0.187 e. The minimum absolute atomic E-state index is 0.282. The molecule has 0 radical (unpaired) electrons. The van der Waals surface area contributed by atoms with Crippen molar-refractivity contribution >= 4 is 26.4 Å². The molecule has 0 aliphatic heterocycles. The zero-order chi connectivity index (χ0) is 19.9. The van der Waals surface area contributed by atoms with E-state index in [1.165, 1.54) is 6.26 Å². The van der Waals surface area contributed by atoms with Gasteiger partial charge in [-0.05, 0) is 43.5 Å². The summed E-state index contributed by atoms with van der Waals surface area (Å²) >= 11 is 0. The number of nitriles is 1. The molecular weight excluding hydrogens is 372 g/mol. The van der Waals surface area contributed by atoms with Gasteiger partial charge in [0.2, 0.25) is 0 Å². The number of anilines is 1. The van der Waals surface area contributed by atoms with Gasteiger partial charge in [-0.25, -0.2) is 8.42 Å². The number of aromatic nitrogens is 2. The number of sulfone groups is 1. The second kappa shape index (κ2) is 6.88. The highest BCUT2D eigenvalue weighted by Gasteiger charge is 2.31. The molecule has 1 aliphatic rings.